The van der Waals surface area contributed by atoms with E-state index in [4.69, 9.17) is 13.8 Å². The Balaban J connectivity index is 5.28. The van der Waals surface area contributed by atoms with Crippen molar-refractivity contribution < 1.29 is 37.3 Å². The van der Waals surface area contributed by atoms with Crippen LogP contribution >= 0.6 is 7.82 Å². The molecule has 3 atom stereocenters. The summed E-state index contributed by atoms with van der Waals surface area (Å²) in [5.74, 6) is -0.560. The second-order valence-corrected chi connectivity index (χ2v) is 22.6. The third kappa shape index (κ3) is 50.9. The molecule has 0 aromatic rings. The maximum atomic E-state index is 13.5. The van der Waals surface area contributed by atoms with Crippen LogP contribution in [0.4, 0.5) is 0 Å². The van der Waals surface area contributed by atoms with Crippen LogP contribution in [0, 0.1) is 0 Å². The van der Waals surface area contributed by atoms with Crippen LogP contribution in [0.2, 0.25) is 0 Å². The van der Waals surface area contributed by atoms with Crippen LogP contribution in [0.5, 0.6) is 0 Å². The largest absolute Gasteiger partial charge is 0.756 e. The maximum Gasteiger partial charge on any atom is 0.306 e. The van der Waals surface area contributed by atoms with Crippen molar-refractivity contribution in [3.05, 3.63) is 48.6 Å². The van der Waals surface area contributed by atoms with Crippen LogP contribution in [-0.2, 0) is 27.9 Å². The minimum atomic E-state index is -4.70. The normalized spacial score (nSPS) is 14.1. The van der Waals surface area contributed by atoms with Gasteiger partial charge in [0.2, 0.25) is 5.91 Å². The SMILES string of the molecule is CCCCC/C=C\C/C=C\CCCCCCCCCCCC(=O)OC(/C=C/CCCCCCCCCCC)C(COP(=O)([O-])OCC[N+](C)(C)C)NC(=O)CCCCC/C=C\CCCCCCCCC. The Morgan fingerprint density at radius 1 is 0.500 bits per heavy atom. The summed E-state index contributed by atoms with van der Waals surface area (Å²) in [6, 6.07) is -0.895. The summed E-state index contributed by atoms with van der Waals surface area (Å²) in [4.78, 5) is 39.8. The molecule has 0 aliphatic heterocycles. The second-order valence-electron chi connectivity index (χ2n) is 21.1. The Kier molecular flexibility index (Phi) is 49.0. The highest BCUT2D eigenvalue weighted by Crippen LogP contribution is 2.38. The maximum absolute atomic E-state index is 13.5. The lowest BCUT2D eigenvalue weighted by molar-refractivity contribution is -0.870. The summed E-state index contributed by atoms with van der Waals surface area (Å²) in [5.41, 5.74) is 0. The Morgan fingerprint density at radius 3 is 1.34 bits per heavy atom. The van der Waals surface area contributed by atoms with E-state index in [1.165, 1.54) is 154 Å². The average molecular weight is 1010 g/mol. The third-order valence-electron chi connectivity index (χ3n) is 13.0. The van der Waals surface area contributed by atoms with Crippen molar-refractivity contribution in [3.63, 3.8) is 0 Å². The first-order valence-corrected chi connectivity index (χ1v) is 30.9. The lowest BCUT2D eigenvalue weighted by Crippen LogP contribution is -2.47. The molecule has 0 aromatic heterocycles. The predicted octanol–water partition coefficient (Wildman–Crippen LogP) is 17.1. The van der Waals surface area contributed by atoms with Crippen LogP contribution in [0.25, 0.3) is 0 Å². The molecule has 0 aliphatic carbocycles. The molecule has 0 spiro atoms. The van der Waals surface area contributed by atoms with Crippen LogP contribution in [0.15, 0.2) is 48.6 Å². The highest BCUT2D eigenvalue weighted by molar-refractivity contribution is 7.45. The number of hydrogen-bond acceptors (Lipinski definition) is 7. The van der Waals surface area contributed by atoms with Crippen molar-refractivity contribution in [2.24, 2.45) is 0 Å². The highest BCUT2D eigenvalue weighted by atomic mass is 31.2. The van der Waals surface area contributed by atoms with Gasteiger partial charge in [-0.15, -0.1) is 0 Å². The minimum absolute atomic E-state index is 0.0255. The Labute approximate surface area is 433 Å². The second kappa shape index (κ2) is 50.5. The molecule has 9 nitrogen and oxygen atoms in total. The van der Waals surface area contributed by atoms with E-state index in [-0.39, 0.29) is 24.9 Å². The number of allylic oxidation sites excluding steroid dienone is 7. The van der Waals surface area contributed by atoms with Crippen molar-refractivity contribution in [2.45, 2.75) is 283 Å². The number of carbonyl (C=O) groups is 2. The molecule has 0 radical (unpaired) electrons. The summed E-state index contributed by atoms with van der Waals surface area (Å²) in [7, 11) is 1.18. The van der Waals surface area contributed by atoms with Gasteiger partial charge in [0.1, 0.15) is 19.3 Å². The monoisotopic (exact) mass is 1000 g/mol. The van der Waals surface area contributed by atoms with Crippen LogP contribution in [0.3, 0.4) is 0 Å². The molecule has 0 aliphatic rings. The minimum Gasteiger partial charge on any atom is -0.756 e. The fraction of sp³-hybridized carbons (Fsp3) is 0.833. The lowest BCUT2D eigenvalue weighted by atomic mass is 10.1. The van der Waals surface area contributed by atoms with Gasteiger partial charge in [-0.3, -0.25) is 14.2 Å². The molecule has 1 amide bonds. The first-order valence-electron chi connectivity index (χ1n) is 29.4. The zero-order chi connectivity index (χ0) is 51.5. The van der Waals surface area contributed by atoms with Crippen molar-refractivity contribution >= 4 is 19.7 Å². The Bertz CT molecular complexity index is 1340. The molecule has 0 aromatic carbocycles. The molecule has 0 fully saturated rings. The number of esters is 1. The molecule has 0 saturated carbocycles. The third-order valence-corrected chi connectivity index (χ3v) is 13.9. The number of carbonyl (C=O) groups excluding carboxylic acids is 2. The van der Waals surface area contributed by atoms with Gasteiger partial charge < -0.3 is 28.5 Å². The molecule has 70 heavy (non-hydrogen) atoms. The summed E-state index contributed by atoms with van der Waals surface area (Å²) in [6.07, 6.45) is 60.7. The van der Waals surface area contributed by atoms with Gasteiger partial charge in [-0.05, 0) is 89.5 Å². The van der Waals surface area contributed by atoms with Gasteiger partial charge in [0.15, 0.2) is 0 Å². The topological polar surface area (TPSA) is 114 Å². The molecule has 1 N–H and O–H groups in total. The smallest absolute Gasteiger partial charge is 0.306 e. The van der Waals surface area contributed by atoms with Gasteiger partial charge >= 0.3 is 5.97 Å². The molecule has 3 unspecified atom stereocenters. The van der Waals surface area contributed by atoms with Gasteiger partial charge in [0.05, 0.1) is 33.8 Å². The van der Waals surface area contributed by atoms with E-state index in [1.54, 1.807) is 0 Å². The number of nitrogens with one attached hydrogen (secondary N) is 1. The number of rotatable bonds is 53. The van der Waals surface area contributed by atoms with Crippen molar-refractivity contribution in [1.29, 1.82) is 0 Å². The fourth-order valence-electron chi connectivity index (χ4n) is 8.37. The van der Waals surface area contributed by atoms with Gasteiger partial charge in [-0.1, -0.05) is 217 Å². The van der Waals surface area contributed by atoms with E-state index in [2.05, 4.69) is 62.5 Å². The standard InChI is InChI=1S/C60H113N2O7P/c1-7-10-13-16-19-22-25-27-29-30-31-32-33-35-38-41-44-47-50-53-60(64)69-58(51-48-45-42-39-36-24-21-18-15-12-9-3)57(56-68-70(65,66)67-55-54-62(4,5)6)61-59(63)52-49-46-43-40-37-34-28-26-23-20-17-14-11-8-2/h19,22,27,29,34,37,48,51,57-58H,7-18,20-21,23-26,28,30-33,35-36,38-47,49-50,52-56H2,1-6H3,(H-,61,63,65,66)/b22-19-,29-27-,37-34-,51-48+. The average Bonchev–Trinajstić information content (AvgIpc) is 3.32. The quantitative estimate of drug-likeness (QED) is 0.0212. The van der Waals surface area contributed by atoms with Gasteiger partial charge in [-0.2, -0.15) is 0 Å². The van der Waals surface area contributed by atoms with E-state index < -0.39 is 26.6 Å². The number of likely N-dealkylation sites (N-methyl/N-ethyl adjacent to an activating group) is 1. The number of ether oxygens (including phenoxy) is 1. The van der Waals surface area contributed by atoms with Crippen molar-refractivity contribution in [3.8, 4) is 0 Å². The number of hydrogen-bond donors (Lipinski definition) is 1. The fourth-order valence-corrected chi connectivity index (χ4v) is 9.09. The first-order chi connectivity index (χ1) is 33.9. The molecule has 0 bridgehead atoms. The van der Waals surface area contributed by atoms with E-state index in [0.717, 1.165) is 77.0 Å². The Hall–Kier alpha value is -2.03. The number of quaternary nitrogens is 1. The first kappa shape index (κ1) is 68.0. The van der Waals surface area contributed by atoms with E-state index >= 15 is 0 Å². The summed E-state index contributed by atoms with van der Waals surface area (Å²) in [6.45, 7) is 6.80. The van der Waals surface area contributed by atoms with Crippen LogP contribution < -0.4 is 10.2 Å². The molecule has 0 heterocycles. The Morgan fingerprint density at radius 2 is 0.871 bits per heavy atom. The number of amides is 1. The molecular formula is C60H113N2O7P. The summed E-state index contributed by atoms with van der Waals surface area (Å²) in [5, 5.41) is 3.01. The van der Waals surface area contributed by atoms with Crippen molar-refractivity contribution in [1.82, 2.24) is 5.32 Å². The summed E-state index contributed by atoms with van der Waals surface area (Å²) >= 11 is 0. The molecule has 10 heteroatoms. The van der Waals surface area contributed by atoms with E-state index in [0.29, 0.717) is 23.9 Å². The predicted molar refractivity (Wildman–Crippen MR) is 298 cm³/mol. The zero-order valence-corrected chi connectivity index (χ0v) is 47.6. The summed E-state index contributed by atoms with van der Waals surface area (Å²) < 4.78 is 30.2. The van der Waals surface area contributed by atoms with Crippen LogP contribution in [-0.4, -0.2) is 69.4 Å². The van der Waals surface area contributed by atoms with Crippen molar-refractivity contribution in [2.75, 3.05) is 40.9 Å². The van der Waals surface area contributed by atoms with E-state index in [1.807, 2.05) is 33.3 Å². The number of phosphoric acid groups is 1. The van der Waals surface area contributed by atoms with Crippen LogP contribution in [0.1, 0.15) is 271 Å². The molecule has 410 valence electrons. The van der Waals surface area contributed by atoms with Gasteiger partial charge in [-0.25, -0.2) is 0 Å². The van der Waals surface area contributed by atoms with E-state index in [9.17, 15) is 19.0 Å². The zero-order valence-electron chi connectivity index (χ0n) is 46.7. The number of phosphoric ester groups is 1. The van der Waals surface area contributed by atoms with Gasteiger partial charge in [0, 0.05) is 12.8 Å². The number of nitrogens with zero attached hydrogens (tertiary/aromatic N) is 1. The molecule has 0 rings (SSSR count). The lowest BCUT2D eigenvalue weighted by Gasteiger charge is -2.30. The van der Waals surface area contributed by atoms with Gasteiger partial charge in [0.25, 0.3) is 7.82 Å². The highest BCUT2D eigenvalue weighted by Gasteiger charge is 2.27. The molecule has 0 saturated heterocycles. The number of unbranched alkanes of at least 4 members (excludes halogenated alkanes) is 31. The molecular weight excluding hydrogens is 892 g/mol.